The zero-order valence-corrected chi connectivity index (χ0v) is 5.33. The van der Waals surface area contributed by atoms with Gasteiger partial charge in [0.2, 0.25) is 0 Å². The van der Waals surface area contributed by atoms with Crippen LogP contribution >= 0.6 is 0 Å². The molecule has 0 saturated carbocycles. The highest BCUT2D eigenvalue weighted by molar-refractivity contribution is 7.84. The summed E-state index contributed by atoms with van der Waals surface area (Å²) in [5.74, 6) is 1.06. The summed E-state index contributed by atoms with van der Waals surface area (Å²) >= 11 is 0. The Morgan fingerprint density at radius 2 is 2.29 bits per heavy atom. The maximum absolute atomic E-state index is 10.4. The molecule has 3 heteroatoms. The molecule has 0 aliphatic rings. The zero-order chi connectivity index (χ0) is 5.70. The number of rotatable bonds is 3. The lowest BCUT2D eigenvalue weighted by Crippen LogP contribution is -2.09. The molecule has 0 aromatic rings. The van der Waals surface area contributed by atoms with Crippen molar-refractivity contribution in [2.45, 2.75) is 13.3 Å². The van der Waals surface area contributed by atoms with Gasteiger partial charge in [-0.1, -0.05) is 6.92 Å². The van der Waals surface area contributed by atoms with Gasteiger partial charge in [0.05, 0.1) is 5.88 Å². The van der Waals surface area contributed by atoms with Gasteiger partial charge in [0.25, 0.3) is 0 Å². The molecule has 2 N–H and O–H groups in total. The molecule has 0 heterocycles. The predicted octanol–water partition coefficient (Wildman–Crippen LogP) is 0.0613. The predicted molar refractivity (Wildman–Crippen MR) is 32.4 cm³/mol. The first-order valence-corrected chi connectivity index (χ1v) is 3.85. The molecule has 0 amide bonds. The summed E-state index contributed by atoms with van der Waals surface area (Å²) in [4.78, 5) is 0. The smallest absolute Gasteiger partial charge is 0.0697 e. The third kappa shape index (κ3) is 3.95. The van der Waals surface area contributed by atoms with Crippen molar-refractivity contribution in [2.24, 2.45) is 5.73 Å². The van der Waals surface area contributed by atoms with Crippen LogP contribution in [0.5, 0.6) is 0 Å². The highest BCUT2D eigenvalue weighted by Crippen LogP contribution is 1.80. The Morgan fingerprint density at radius 3 is 2.43 bits per heavy atom. The second-order valence-corrected chi connectivity index (χ2v) is 2.93. The fourth-order valence-electron chi connectivity index (χ4n) is 0.311. The van der Waals surface area contributed by atoms with Crippen molar-refractivity contribution in [1.29, 1.82) is 0 Å². The van der Waals surface area contributed by atoms with Crippen LogP contribution in [0, 0.1) is 0 Å². The van der Waals surface area contributed by atoms with Crippen molar-refractivity contribution < 1.29 is 4.21 Å². The molecule has 0 aliphatic heterocycles. The molecule has 0 aromatic heterocycles. The standard InChI is InChI=1S/C4H11NOS/c1-2-3-7(6)4-5/h2-5H2,1H3. The minimum atomic E-state index is -0.749. The van der Waals surface area contributed by atoms with E-state index >= 15 is 0 Å². The molecule has 0 fully saturated rings. The molecule has 0 spiro atoms. The second-order valence-electron chi connectivity index (χ2n) is 1.31. The third-order valence-electron chi connectivity index (χ3n) is 0.618. The van der Waals surface area contributed by atoms with E-state index in [1.807, 2.05) is 6.92 Å². The molecule has 44 valence electrons. The van der Waals surface area contributed by atoms with Gasteiger partial charge in [-0.25, -0.2) is 0 Å². The molecule has 1 unspecified atom stereocenters. The van der Waals surface area contributed by atoms with Crippen LogP contribution < -0.4 is 5.73 Å². The average Bonchev–Trinajstić information content (AvgIpc) is 1.68. The largest absolute Gasteiger partial charge is 0.320 e. The van der Waals surface area contributed by atoms with Gasteiger partial charge in [-0.2, -0.15) is 0 Å². The van der Waals surface area contributed by atoms with Crippen LogP contribution in [0.15, 0.2) is 0 Å². The Balaban J connectivity index is 3.00. The molecule has 0 bridgehead atoms. The molecule has 2 nitrogen and oxygen atoms in total. The Morgan fingerprint density at radius 1 is 1.71 bits per heavy atom. The topological polar surface area (TPSA) is 43.1 Å². The molecule has 0 rings (SSSR count). The molecule has 1 atom stereocenters. The van der Waals surface area contributed by atoms with Crippen molar-refractivity contribution in [2.75, 3.05) is 11.6 Å². The van der Waals surface area contributed by atoms with E-state index in [0.29, 0.717) is 5.88 Å². The van der Waals surface area contributed by atoms with Crippen LogP contribution in [0.4, 0.5) is 0 Å². The van der Waals surface area contributed by atoms with Crippen molar-refractivity contribution >= 4 is 10.8 Å². The zero-order valence-electron chi connectivity index (χ0n) is 4.52. The Hall–Kier alpha value is 0.110. The lowest BCUT2D eigenvalue weighted by Gasteiger charge is -1.89. The van der Waals surface area contributed by atoms with E-state index < -0.39 is 10.8 Å². The lowest BCUT2D eigenvalue weighted by molar-refractivity contribution is 0.682. The average molecular weight is 121 g/mol. The maximum atomic E-state index is 10.4. The Labute approximate surface area is 46.5 Å². The summed E-state index contributed by atoms with van der Waals surface area (Å²) in [5.41, 5.74) is 5.06. The fourth-order valence-corrected chi connectivity index (χ4v) is 0.933. The first-order chi connectivity index (χ1) is 3.31. The van der Waals surface area contributed by atoms with Crippen molar-refractivity contribution in [3.8, 4) is 0 Å². The first-order valence-electron chi connectivity index (χ1n) is 2.36. The quantitative estimate of drug-likeness (QED) is 0.574. The Kier molecular flexibility index (Phi) is 4.34. The second kappa shape index (κ2) is 4.27. The van der Waals surface area contributed by atoms with Crippen molar-refractivity contribution in [3.63, 3.8) is 0 Å². The van der Waals surface area contributed by atoms with Crippen LogP contribution in [0.1, 0.15) is 13.3 Å². The van der Waals surface area contributed by atoms with Gasteiger partial charge in [-0.15, -0.1) is 0 Å². The summed E-state index contributed by atoms with van der Waals surface area (Å²) < 4.78 is 10.4. The SMILES string of the molecule is CCCS(=O)CN. The summed E-state index contributed by atoms with van der Waals surface area (Å²) in [7, 11) is -0.749. The van der Waals surface area contributed by atoms with Gasteiger partial charge >= 0.3 is 0 Å². The molecule has 7 heavy (non-hydrogen) atoms. The van der Waals surface area contributed by atoms with Crippen molar-refractivity contribution in [1.82, 2.24) is 0 Å². The Bertz CT molecular complexity index is 64.7. The highest BCUT2D eigenvalue weighted by Gasteiger charge is 1.88. The van der Waals surface area contributed by atoms with Crippen LogP contribution in [-0.4, -0.2) is 15.8 Å². The molecule has 0 aliphatic carbocycles. The number of hydrogen-bond acceptors (Lipinski definition) is 2. The fraction of sp³-hybridized carbons (Fsp3) is 1.00. The van der Waals surface area contributed by atoms with E-state index in [1.165, 1.54) is 0 Å². The van der Waals surface area contributed by atoms with Gasteiger partial charge < -0.3 is 5.73 Å². The summed E-state index contributed by atoms with van der Waals surface area (Å²) in [6.45, 7) is 1.99. The minimum Gasteiger partial charge on any atom is -0.320 e. The van der Waals surface area contributed by atoms with E-state index in [1.54, 1.807) is 0 Å². The normalized spacial score (nSPS) is 14.0. The summed E-state index contributed by atoms with van der Waals surface area (Å²) in [6.07, 6.45) is 0.962. The third-order valence-corrected chi connectivity index (χ3v) is 1.85. The van der Waals surface area contributed by atoms with Gasteiger partial charge in [0.1, 0.15) is 0 Å². The van der Waals surface area contributed by atoms with E-state index in [2.05, 4.69) is 0 Å². The van der Waals surface area contributed by atoms with Gasteiger partial charge in [-0.05, 0) is 6.42 Å². The monoisotopic (exact) mass is 121 g/mol. The van der Waals surface area contributed by atoms with Gasteiger partial charge in [0.15, 0.2) is 0 Å². The lowest BCUT2D eigenvalue weighted by atomic mass is 10.6. The summed E-state index contributed by atoms with van der Waals surface area (Å²) in [5, 5.41) is 0. The molecular formula is C4H11NOS. The van der Waals surface area contributed by atoms with Gasteiger partial charge in [0, 0.05) is 16.6 Å². The van der Waals surface area contributed by atoms with Crippen LogP contribution in [-0.2, 0) is 10.8 Å². The minimum absolute atomic E-state index is 0.313. The molecular weight excluding hydrogens is 110 g/mol. The number of hydrogen-bond donors (Lipinski definition) is 1. The first kappa shape index (κ1) is 7.11. The molecule has 0 radical (unpaired) electrons. The van der Waals surface area contributed by atoms with E-state index in [0.717, 1.165) is 12.2 Å². The highest BCUT2D eigenvalue weighted by atomic mass is 32.2. The molecule has 0 saturated heterocycles. The van der Waals surface area contributed by atoms with Crippen LogP contribution in [0.3, 0.4) is 0 Å². The molecule has 0 aromatic carbocycles. The summed E-state index contributed by atoms with van der Waals surface area (Å²) in [6, 6.07) is 0. The van der Waals surface area contributed by atoms with E-state index in [-0.39, 0.29) is 0 Å². The van der Waals surface area contributed by atoms with Gasteiger partial charge in [-0.3, -0.25) is 4.21 Å². The van der Waals surface area contributed by atoms with Crippen LogP contribution in [0.2, 0.25) is 0 Å². The van der Waals surface area contributed by atoms with Crippen LogP contribution in [0.25, 0.3) is 0 Å². The van der Waals surface area contributed by atoms with E-state index in [4.69, 9.17) is 5.73 Å². The van der Waals surface area contributed by atoms with Crippen molar-refractivity contribution in [3.05, 3.63) is 0 Å². The van der Waals surface area contributed by atoms with E-state index in [9.17, 15) is 4.21 Å². The number of nitrogens with two attached hydrogens (primary N) is 1. The maximum Gasteiger partial charge on any atom is 0.0697 e.